The number of anilines is 1. The number of rotatable bonds is 5. The minimum absolute atomic E-state index is 0.129. The number of benzene rings is 1. The lowest BCUT2D eigenvalue weighted by atomic mass is 10.2. The van der Waals surface area contributed by atoms with Gasteiger partial charge in [0.15, 0.2) is 10.4 Å². The zero-order chi connectivity index (χ0) is 15.4. The zero-order valence-electron chi connectivity index (χ0n) is 11.9. The van der Waals surface area contributed by atoms with Gasteiger partial charge in [-0.1, -0.05) is 12.1 Å². The number of amides is 1. The van der Waals surface area contributed by atoms with Crippen molar-refractivity contribution in [1.29, 1.82) is 0 Å². The molecule has 0 radical (unpaired) electrons. The number of nitrogens with one attached hydrogen (secondary N) is 1. The van der Waals surface area contributed by atoms with Gasteiger partial charge in [0.25, 0.3) is 5.91 Å². The van der Waals surface area contributed by atoms with Crippen molar-refractivity contribution in [1.82, 2.24) is 0 Å². The molecule has 116 valence electrons. The minimum Gasteiger partial charge on any atom is -0.489 e. The van der Waals surface area contributed by atoms with Gasteiger partial charge in [-0.15, -0.1) is 0 Å². The van der Waals surface area contributed by atoms with E-state index < -0.39 is 0 Å². The predicted octanol–water partition coefficient (Wildman–Crippen LogP) is 3.85. The Hall–Kier alpha value is -1.79. The summed E-state index contributed by atoms with van der Waals surface area (Å²) in [7, 11) is 0. The maximum absolute atomic E-state index is 12.1. The van der Waals surface area contributed by atoms with Crippen LogP contribution in [0, 0.1) is 0 Å². The standard InChI is InChI=1S/C16H16BrNO4/c17-15-8-7-14(22-15)16(19)18-12-5-1-2-6-13(12)21-10-11-4-3-9-20-11/h1-2,5-8,11H,3-4,9-10H2,(H,18,19)/t11-/m1/s1. The van der Waals surface area contributed by atoms with Crippen LogP contribution >= 0.6 is 15.9 Å². The summed E-state index contributed by atoms with van der Waals surface area (Å²) >= 11 is 3.18. The number of para-hydroxylation sites is 2. The number of hydrogen-bond acceptors (Lipinski definition) is 4. The predicted molar refractivity (Wildman–Crippen MR) is 85.3 cm³/mol. The van der Waals surface area contributed by atoms with Crippen molar-refractivity contribution >= 4 is 27.5 Å². The van der Waals surface area contributed by atoms with Crippen molar-refractivity contribution in [2.75, 3.05) is 18.5 Å². The Kier molecular flexibility index (Phi) is 4.80. The largest absolute Gasteiger partial charge is 0.489 e. The number of carbonyl (C=O) groups excluding carboxylic acids is 1. The first-order valence-electron chi connectivity index (χ1n) is 7.12. The van der Waals surface area contributed by atoms with Gasteiger partial charge in [-0.05, 0) is 53.0 Å². The highest BCUT2D eigenvalue weighted by Gasteiger charge is 2.18. The van der Waals surface area contributed by atoms with Crippen LogP contribution in [0.2, 0.25) is 0 Å². The Bertz CT molecular complexity index is 649. The molecule has 0 bridgehead atoms. The van der Waals surface area contributed by atoms with E-state index >= 15 is 0 Å². The summed E-state index contributed by atoms with van der Waals surface area (Å²) in [4.78, 5) is 12.1. The van der Waals surface area contributed by atoms with Crippen molar-refractivity contribution in [2.45, 2.75) is 18.9 Å². The molecule has 0 aliphatic carbocycles. The molecule has 1 aromatic heterocycles. The van der Waals surface area contributed by atoms with Crippen LogP contribution in [-0.4, -0.2) is 25.2 Å². The lowest BCUT2D eigenvalue weighted by Gasteiger charge is -2.14. The second kappa shape index (κ2) is 6.98. The quantitative estimate of drug-likeness (QED) is 0.873. The number of hydrogen-bond donors (Lipinski definition) is 1. The molecule has 1 N–H and O–H groups in total. The normalized spacial score (nSPS) is 17.4. The van der Waals surface area contributed by atoms with Crippen molar-refractivity contribution in [2.24, 2.45) is 0 Å². The number of halogens is 1. The number of ether oxygens (including phenoxy) is 2. The first-order chi connectivity index (χ1) is 10.7. The third-order valence-electron chi connectivity index (χ3n) is 3.38. The van der Waals surface area contributed by atoms with Crippen molar-refractivity contribution in [3.05, 3.63) is 46.8 Å². The summed E-state index contributed by atoms with van der Waals surface area (Å²) in [5.41, 5.74) is 0.609. The van der Waals surface area contributed by atoms with Crippen LogP contribution in [0.4, 0.5) is 5.69 Å². The molecule has 22 heavy (non-hydrogen) atoms. The van der Waals surface area contributed by atoms with E-state index in [2.05, 4.69) is 21.2 Å². The van der Waals surface area contributed by atoms with Gasteiger partial charge in [0.2, 0.25) is 0 Å². The van der Waals surface area contributed by atoms with Gasteiger partial charge in [-0.25, -0.2) is 0 Å². The van der Waals surface area contributed by atoms with Crippen molar-refractivity contribution < 1.29 is 18.7 Å². The molecule has 1 saturated heterocycles. The first kappa shape index (κ1) is 15.1. The zero-order valence-corrected chi connectivity index (χ0v) is 13.5. The number of furan rings is 1. The van der Waals surface area contributed by atoms with Gasteiger partial charge in [0.05, 0.1) is 11.8 Å². The molecule has 1 aliphatic heterocycles. The van der Waals surface area contributed by atoms with Crippen LogP contribution in [0.5, 0.6) is 5.75 Å². The van der Waals surface area contributed by atoms with Crippen LogP contribution in [0.15, 0.2) is 45.5 Å². The summed E-state index contributed by atoms with van der Waals surface area (Å²) in [5, 5.41) is 2.80. The fourth-order valence-corrected chi connectivity index (χ4v) is 2.58. The van der Waals surface area contributed by atoms with E-state index in [4.69, 9.17) is 13.9 Å². The van der Waals surface area contributed by atoms with Crippen LogP contribution in [0.1, 0.15) is 23.4 Å². The molecule has 0 saturated carbocycles. The maximum Gasteiger partial charge on any atom is 0.291 e. The van der Waals surface area contributed by atoms with E-state index in [1.807, 2.05) is 18.2 Å². The Morgan fingerprint density at radius 2 is 2.18 bits per heavy atom. The molecule has 2 aromatic rings. The highest BCUT2D eigenvalue weighted by atomic mass is 79.9. The summed E-state index contributed by atoms with van der Waals surface area (Å²) < 4.78 is 17.1. The fraction of sp³-hybridized carbons (Fsp3) is 0.312. The van der Waals surface area contributed by atoms with Gasteiger partial charge in [0.1, 0.15) is 12.4 Å². The summed E-state index contributed by atoms with van der Waals surface area (Å²) in [5.74, 6) is 0.539. The topological polar surface area (TPSA) is 60.7 Å². The third-order valence-corrected chi connectivity index (χ3v) is 3.81. The third kappa shape index (κ3) is 3.69. The molecule has 1 amide bonds. The Morgan fingerprint density at radius 1 is 1.32 bits per heavy atom. The molecule has 1 aliphatic rings. The van der Waals surface area contributed by atoms with Crippen LogP contribution in [-0.2, 0) is 4.74 Å². The highest BCUT2D eigenvalue weighted by Crippen LogP contribution is 2.26. The van der Waals surface area contributed by atoms with Gasteiger partial charge >= 0.3 is 0 Å². The SMILES string of the molecule is O=C(Nc1ccccc1OC[C@H]1CCCO1)c1ccc(Br)o1. The second-order valence-electron chi connectivity index (χ2n) is 5.00. The second-order valence-corrected chi connectivity index (χ2v) is 5.78. The van der Waals surface area contributed by atoms with E-state index in [1.54, 1.807) is 18.2 Å². The average Bonchev–Trinajstić information content (AvgIpc) is 3.17. The summed E-state index contributed by atoms with van der Waals surface area (Å²) in [6, 6.07) is 10.6. The van der Waals surface area contributed by atoms with Crippen LogP contribution in [0.3, 0.4) is 0 Å². The van der Waals surface area contributed by atoms with E-state index in [0.717, 1.165) is 19.4 Å². The van der Waals surface area contributed by atoms with E-state index in [-0.39, 0.29) is 17.8 Å². The minimum atomic E-state index is -0.320. The lowest BCUT2D eigenvalue weighted by molar-refractivity contribution is 0.0681. The van der Waals surface area contributed by atoms with Crippen LogP contribution in [0.25, 0.3) is 0 Å². The fourth-order valence-electron chi connectivity index (χ4n) is 2.27. The molecule has 1 atom stereocenters. The lowest BCUT2D eigenvalue weighted by Crippen LogP contribution is -2.18. The van der Waals surface area contributed by atoms with Gasteiger partial charge in [0, 0.05) is 6.61 Å². The number of carbonyl (C=O) groups is 1. The highest BCUT2D eigenvalue weighted by molar-refractivity contribution is 9.10. The molecular formula is C16H16BrNO4. The van der Waals surface area contributed by atoms with E-state index in [0.29, 0.717) is 22.7 Å². The molecule has 1 fully saturated rings. The Labute approximate surface area is 136 Å². The Morgan fingerprint density at radius 3 is 2.91 bits per heavy atom. The summed E-state index contributed by atoms with van der Waals surface area (Å²) in [6.45, 7) is 1.28. The van der Waals surface area contributed by atoms with Gasteiger partial charge in [-0.3, -0.25) is 4.79 Å². The van der Waals surface area contributed by atoms with Gasteiger partial charge < -0.3 is 19.2 Å². The molecule has 5 nitrogen and oxygen atoms in total. The smallest absolute Gasteiger partial charge is 0.291 e. The maximum atomic E-state index is 12.1. The first-order valence-corrected chi connectivity index (χ1v) is 7.92. The molecule has 0 spiro atoms. The van der Waals surface area contributed by atoms with Crippen molar-refractivity contribution in [3.63, 3.8) is 0 Å². The summed E-state index contributed by atoms with van der Waals surface area (Å²) in [6.07, 6.45) is 2.21. The molecule has 0 unspecified atom stereocenters. The van der Waals surface area contributed by atoms with Crippen LogP contribution < -0.4 is 10.1 Å². The Balaban J connectivity index is 1.66. The monoisotopic (exact) mass is 365 g/mol. The van der Waals surface area contributed by atoms with Gasteiger partial charge in [-0.2, -0.15) is 0 Å². The molecule has 1 aromatic carbocycles. The molecule has 6 heteroatoms. The average molecular weight is 366 g/mol. The molecule has 2 heterocycles. The van der Waals surface area contributed by atoms with E-state index in [9.17, 15) is 4.79 Å². The molecule has 3 rings (SSSR count). The van der Waals surface area contributed by atoms with E-state index in [1.165, 1.54) is 0 Å². The molecular weight excluding hydrogens is 350 g/mol. The van der Waals surface area contributed by atoms with Crippen molar-refractivity contribution in [3.8, 4) is 5.75 Å².